The quantitative estimate of drug-likeness (QED) is 0.886. The fourth-order valence-corrected chi connectivity index (χ4v) is 1.75. The molecule has 0 unspecified atom stereocenters. The summed E-state index contributed by atoms with van der Waals surface area (Å²) in [4.78, 5) is 8.37. The van der Waals surface area contributed by atoms with Crippen molar-refractivity contribution in [3.8, 4) is 5.88 Å². The van der Waals surface area contributed by atoms with Gasteiger partial charge in [0.05, 0.1) is 6.61 Å². The lowest BCUT2D eigenvalue weighted by Crippen LogP contribution is -2.08. The summed E-state index contributed by atoms with van der Waals surface area (Å²) < 4.78 is 32.1. The first kappa shape index (κ1) is 15.2. The lowest BCUT2D eigenvalue weighted by molar-refractivity contribution is 0.305. The predicted octanol–water partition coefficient (Wildman–Crippen LogP) is 3.46. The molecule has 0 aliphatic heterocycles. The number of aryl methyl sites for hydroxylation is 1. The number of rotatable bonds is 6. The average Bonchev–Trinajstić information content (AvgIpc) is 2.45. The zero-order valence-corrected chi connectivity index (χ0v) is 12.0. The Kier molecular flexibility index (Phi) is 5.03. The molecule has 1 aromatic heterocycles. The van der Waals surface area contributed by atoms with Gasteiger partial charge in [0.15, 0.2) is 0 Å². The molecule has 1 N–H and O–H groups in total. The third-order valence-electron chi connectivity index (χ3n) is 2.73. The molecule has 0 aliphatic carbocycles. The Bertz CT molecular complexity index is 620. The van der Waals surface area contributed by atoms with Gasteiger partial charge in [-0.05, 0) is 31.5 Å². The number of nitrogens with one attached hydrogen (secondary N) is 1. The fraction of sp³-hybridized carbons (Fsp3) is 0.333. The van der Waals surface area contributed by atoms with Crippen LogP contribution in [0.15, 0.2) is 24.3 Å². The Labute approximate surface area is 122 Å². The molecule has 0 aliphatic rings. The largest absolute Gasteiger partial charge is 0.478 e. The summed E-state index contributed by atoms with van der Waals surface area (Å²) in [5, 5.41) is 2.88. The van der Waals surface area contributed by atoms with Crippen molar-refractivity contribution in [1.29, 1.82) is 0 Å². The minimum absolute atomic E-state index is 0.0975. The van der Waals surface area contributed by atoms with Gasteiger partial charge in [0.25, 0.3) is 0 Å². The molecule has 0 radical (unpaired) electrons. The predicted molar refractivity (Wildman–Crippen MR) is 76.2 cm³/mol. The van der Waals surface area contributed by atoms with Crippen LogP contribution < -0.4 is 10.1 Å². The Morgan fingerprint density at radius 1 is 1.19 bits per heavy atom. The number of halogens is 2. The van der Waals surface area contributed by atoms with E-state index < -0.39 is 11.6 Å². The molecule has 0 saturated heterocycles. The molecule has 0 saturated carbocycles. The Hall–Kier alpha value is -2.24. The van der Waals surface area contributed by atoms with E-state index in [0.717, 1.165) is 30.3 Å². The molecule has 0 amide bonds. The number of aromatic nitrogens is 2. The normalized spacial score (nSPS) is 10.5. The summed E-state index contributed by atoms with van der Waals surface area (Å²) in [6.07, 6.45) is 0.875. The van der Waals surface area contributed by atoms with Crippen molar-refractivity contribution >= 4 is 5.95 Å². The molecule has 1 aromatic carbocycles. The Balaban J connectivity index is 2.08. The molecule has 0 fully saturated rings. The number of hydrogen-bond acceptors (Lipinski definition) is 4. The molecular weight excluding hydrogens is 276 g/mol. The minimum atomic E-state index is -0.481. The first-order valence-corrected chi connectivity index (χ1v) is 6.74. The van der Waals surface area contributed by atoms with Crippen LogP contribution in [-0.4, -0.2) is 16.6 Å². The molecule has 4 nitrogen and oxygen atoms in total. The van der Waals surface area contributed by atoms with Gasteiger partial charge in [0, 0.05) is 23.9 Å². The molecular formula is C15H17F2N3O. The van der Waals surface area contributed by atoms with Gasteiger partial charge in [-0.2, -0.15) is 4.98 Å². The van der Waals surface area contributed by atoms with Crippen molar-refractivity contribution in [1.82, 2.24) is 9.97 Å². The second kappa shape index (κ2) is 6.97. The highest BCUT2D eigenvalue weighted by Gasteiger charge is 2.06. The molecule has 21 heavy (non-hydrogen) atoms. The van der Waals surface area contributed by atoms with Crippen molar-refractivity contribution in [2.45, 2.75) is 26.8 Å². The standard InChI is InChI=1S/C15H17F2N3O/c1-3-6-21-14-7-10(2)19-15(20-14)18-9-11-8-12(16)4-5-13(11)17/h4-5,7-8H,3,6,9H2,1-2H3,(H,18,19,20). The van der Waals surface area contributed by atoms with Crippen LogP contribution in [-0.2, 0) is 6.54 Å². The van der Waals surface area contributed by atoms with Gasteiger partial charge in [-0.15, -0.1) is 0 Å². The van der Waals surface area contributed by atoms with E-state index in [1.54, 1.807) is 6.07 Å². The summed E-state index contributed by atoms with van der Waals surface area (Å²) in [5.74, 6) is -0.166. The third-order valence-corrected chi connectivity index (χ3v) is 2.73. The van der Waals surface area contributed by atoms with E-state index in [0.29, 0.717) is 18.4 Å². The SMILES string of the molecule is CCCOc1cc(C)nc(NCc2cc(F)ccc2F)n1. The number of ether oxygens (including phenoxy) is 1. The maximum absolute atomic E-state index is 13.5. The van der Waals surface area contributed by atoms with E-state index in [1.165, 1.54) is 0 Å². The van der Waals surface area contributed by atoms with Crippen LogP contribution in [0, 0.1) is 18.6 Å². The molecule has 112 valence electrons. The highest BCUT2D eigenvalue weighted by Crippen LogP contribution is 2.15. The molecule has 2 aromatic rings. The van der Waals surface area contributed by atoms with Gasteiger partial charge in [0.2, 0.25) is 11.8 Å². The number of benzene rings is 1. The number of hydrogen-bond donors (Lipinski definition) is 1. The molecule has 1 heterocycles. The van der Waals surface area contributed by atoms with E-state index in [1.807, 2.05) is 13.8 Å². The van der Waals surface area contributed by atoms with Crippen LogP contribution in [0.1, 0.15) is 24.6 Å². The summed E-state index contributed by atoms with van der Waals surface area (Å²) in [5.41, 5.74) is 0.953. The molecule has 6 heteroatoms. The fourth-order valence-electron chi connectivity index (χ4n) is 1.75. The second-order valence-corrected chi connectivity index (χ2v) is 4.61. The monoisotopic (exact) mass is 293 g/mol. The van der Waals surface area contributed by atoms with Crippen LogP contribution in [0.3, 0.4) is 0 Å². The topological polar surface area (TPSA) is 47.0 Å². The maximum Gasteiger partial charge on any atom is 0.226 e. The molecule has 0 bridgehead atoms. The van der Waals surface area contributed by atoms with Crippen LogP contribution in [0.5, 0.6) is 5.88 Å². The van der Waals surface area contributed by atoms with Crippen molar-refractivity contribution < 1.29 is 13.5 Å². The number of anilines is 1. The van der Waals surface area contributed by atoms with E-state index in [4.69, 9.17) is 4.74 Å². The third kappa shape index (κ3) is 4.37. The smallest absolute Gasteiger partial charge is 0.226 e. The van der Waals surface area contributed by atoms with Crippen LogP contribution >= 0.6 is 0 Å². The summed E-state index contributed by atoms with van der Waals surface area (Å²) in [7, 11) is 0. The van der Waals surface area contributed by atoms with Crippen molar-refractivity contribution in [3.05, 3.63) is 47.2 Å². The molecule has 0 atom stereocenters. The highest BCUT2D eigenvalue weighted by molar-refractivity contribution is 5.32. The van der Waals surface area contributed by atoms with E-state index in [2.05, 4.69) is 15.3 Å². The lowest BCUT2D eigenvalue weighted by Gasteiger charge is -2.09. The first-order chi connectivity index (χ1) is 10.1. The molecule has 2 rings (SSSR count). The van der Waals surface area contributed by atoms with Gasteiger partial charge < -0.3 is 10.1 Å². The van der Waals surface area contributed by atoms with Crippen LogP contribution in [0.2, 0.25) is 0 Å². The first-order valence-electron chi connectivity index (χ1n) is 6.74. The van der Waals surface area contributed by atoms with Gasteiger partial charge in [-0.25, -0.2) is 13.8 Å². The highest BCUT2D eigenvalue weighted by atomic mass is 19.1. The lowest BCUT2D eigenvalue weighted by atomic mass is 10.2. The molecule has 0 spiro atoms. The van der Waals surface area contributed by atoms with Crippen molar-refractivity contribution in [2.24, 2.45) is 0 Å². The van der Waals surface area contributed by atoms with Gasteiger partial charge in [-0.1, -0.05) is 6.92 Å². The maximum atomic E-state index is 13.5. The minimum Gasteiger partial charge on any atom is -0.478 e. The van der Waals surface area contributed by atoms with Crippen LogP contribution in [0.25, 0.3) is 0 Å². The number of nitrogens with zero attached hydrogens (tertiary/aromatic N) is 2. The Morgan fingerprint density at radius 3 is 2.76 bits per heavy atom. The van der Waals surface area contributed by atoms with Gasteiger partial charge >= 0.3 is 0 Å². The zero-order valence-electron chi connectivity index (χ0n) is 12.0. The summed E-state index contributed by atoms with van der Waals surface area (Å²) >= 11 is 0. The van der Waals surface area contributed by atoms with Crippen molar-refractivity contribution in [2.75, 3.05) is 11.9 Å². The second-order valence-electron chi connectivity index (χ2n) is 4.61. The zero-order chi connectivity index (χ0) is 15.2. The van der Waals surface area contributed by atoms with E-state index in [9.17, 15) is 8.78 Å². The van der Waals surface area contributed by atoms with Gasteiger partial charge in [-0.3, -0.25) is 0 Å². The van der Waals surface area contributed by atoms with E-state index in [-0.39, 0.29) is 12.1 Å². The van der Waals surface area contributed by atoms with Gasteiger partial charge in [0.1, 0.15) is 11.6 Å². The average molecular weight is 293 g/mol. The Morgan fingerprint density at radius 2 is 2.00 bits per heavy atom. The van der Waals surface area contributed by atoms with Crippen LogP contribution in [0.4, 0.5) is 14.7 Å². The van der Waals surface area contributed by atoms with E-state index >= 15 is 0 Å². The van der Waals surface area contributed by atoms with Crippen molar-refractivity contribution in [3.63, 3.8) is 0 Å². The summed E-state index contributed by atoms with van der Waals surface area (Å²) in [6, 6.07) is 5.05. The summed E-state index contributed by atoms with van der Waals surface area (Å²) in [6.45, 7) is 4.48.